The maximum absolute atomic E-state index is 11.5. The number of carboxylic acids is 1. The number of hydrogen-bond acceptors (Lipinski definition) is 2. The Labute approximate surface area is 141 Å². The summed E-state index contributed by atoms with van der Waals surface area (Å²) < 4.78 is 5.77. The van der Waals surface area contributed by atoms with Crippen molar-refractivity contribution < 1.29 is 14.6 Å². The van der Waals surface area contributed by atoms with Crippen LogP contribution in [0.4, 0.5) is 0 Å². The van der Waals surface area contributed by atoms with Crippen LogP contribution in [0.5, 0.6) is 5.75 Å². The zero-order valence-electron chi connectivity index (χ0n) is 13.4. The maximum Gasteiger partial charge on any atom is 0.336 e. The summed E-state index contributed by atoms with van der Waals surface area (Å²) in [4.78, 5) is 11.5. The quantitative estimate of drug-likeness (QED) is 0.725. The molecule has 1 N–H and O–H groups in total. The fraction of sp³-hybridized carbons (Fsp3) is 0.0952. The summed E-state index contributed by atoms with van der Waals surface area (Å²) in [6.07, 6.45) is 0. The summed E-state index contributed by atoms with van der Waals surface area (Å²) in [6.45, 7) is 2.31. The van der Waals surface area contributed by atoms with Crippen LogP contribution in [-0.4, -0.2) is 11.1 Å². The number of carbonyl (C=O) groups is 1. The molecule has 3 rings (SSSR count). The van der Waals surface area contributed by atoms with Gasteiger partial charge in [0.2, 0.25) is 0 Å². The van der Waals surface area contributed by atoms with E-state index in [1.165, 1.54) is 0 Å². The van der Waals surface area contributed by atoms with Crippen molar-refractivity contribution in [3.8, 4) is 16.9 Å². The first kappa shape index (κ1) is 15.8. The lowest BCUT2D eigenvalue weighted by atomic mass is 9.96. The van der Waals surface area contributed by atoms with Gasteiger partial charge < -0.3 is 9.84 Å². The second kappa shape index (κ2) is 7.01. The Morgan fingerprint density at radius 1 is 0.917 bits per heavy atom. The van der Waals surface area contributed by atoms with Gasteiger partial charge in [0, 0.05) is 0 Å². The summed E-state index contributed by atoms with van der Waals surface area (Å²) in [7, 11) is 0. The molecule has 0 bridgehead atoms. The number of aryl methyl sites for hydroxylation is 1. The van der Waals surface area contributed by atoms with Crippen molar-refractivity contribution in [1.29, 1.82) is 0 Å². The summed E-state index contributed by atoms with van der Waals surface area (Å²) in [5.74, 6) is -0.153. The van der Waals surface area contributed by atoms with E-state index in [2.05, 4.69) is 0 Å². The van der Waals surface area contributed by atoms with E-state index in [0.29, 0.717) is 12.2 Å². The standard InChI is InChI=1S/C21H18O3/c1-15-6-5-9-19(20(15)21(22)23)17-10-12-18(13-11-17)24-14-16-7-3-2-4-8-16/h2-13H,14H2,1H3,(H,22,23). The summed E-state index contributed by atoms with van der Waals surface area (Å²) >= 11 is 0. The largest absolute Gasteiger partial charge is 0.489 e. The van der Waals surface area contributed by atoms with E-state index in [9.17, 15) is 9.90 Å². The van der Waals surface area contributed by atoms with Crippen molar-refractivity contribution in [3.05, 3.63) is 89.5 Å². The molecule has 24 heavy (non-hydrogen) atoms. The molecule has 0 heterocycles. The average molecular weight is 318 g/mol. The van der Waals surface area contributed by atoms with Crippen LogP contribution in [0.2, 0.25) is 0 Å². The molecule has 0 unspecified atom stereocenters. The van der Waals surface area contributed by atoms with Gasteiger partial charge in [-0.1, -0.05) is 60.7 Å². The van der Waals surface area contributed by atoms with Crippen molar-refractivity contribution in [2.24, 2.45) is 0 Å². The number of carboxylic acid groups (broad SMARTS) is 1. The minimum atomic E-state index is -0.910. The highest BCUT2D eigenvalue weighted by atomic mass is 16.5. The van der Waals surface area contributed by atoms with E-state index in [-0.39, 0.29) is 0 Å². The van der Waals surface area contributed by atoms with E-state index in [0.717, 1.165) is 28.0 Å². The van der Waals surface area contributed by atoms with Crippen LogP contribution in [-0.2, 0) is 6.61 Å². The molecule has 3 aromatic rings. The summed E-state index contributed by atoms with van der Waals surface area (Å²) in [6, 6.07) is 23.0. The van der Waals surface area contributed by atoms with Crippen LogP contribution in [0.3, 0.4) is 0 Å². The van der Waals surface area contributed by atoms with Gasteiger partial charge in [-0.25, -0.2) is 4.79 Å². The zero-order valence-corrected chi connectivity index (χ0v) is 13.4. The Balaban J connectivity index is 1.80. The third-order valence-corrected chi connectivity index (χ3v) is 3.90. The van der Waals surface area contributed by atoms with Crippen molar-refractivity contribution in [2.45, 2.75) is 13.5 Å². The molecule has 0 saturated heterocycles. The molecule has 0 atom stereocenters. The molecular weight excluding hydrogens is 300 g/mol. The molecule has 0 spiro atoms. The van der Waals surface area contributed by atoms with Crippen LogP contribution < -0.4 is 4.74 Å². The zero-order chi connectivity index (χ0) is 16.9. The van der Waals surface area contributed by atoms with Gasteiger partial charge in [-0.2, -0.15) is 0 Å². The Morgan fingerprint density at radius 3 is 2.29 bits per heavy atom. The molecule has 3 nitrogen and oxygen atoms in total. The fourth-order valence-electron chi connectivity index (χ4n) is 2.66. The molecule has 0 aliphatic carbocycles. The minimum absolute atomic E-state index is 0.343. The number of rotatable bonds is 5. The predicted molar refractivity (Wildman–Crippen MR) is 94.3 cm³/mol. The van der Waals surface area contributed by atoms with Gasteiger partial charge in [-0.3, -0.25) is 0 Å². The predicted octanol–water partition coefficient (Wildman–Crippen LogP) is 4.94. The number of benzene rings is 3. The normalized spacial score (nSPS) is 10.4. The number of aromatic carboxylic acids is 1. The smallest absolute Gasteiger partial charge is 0.336 e. The average Bonchev–Trinajstić information content (AvgIpc) is 2.61. The lowest BCUT2D eigenvalue weighted by molar-refractivity contribution is 0.0697. The minimum Gasteiger partial charge on any atom is -0.489 e. The van der Waals surface area contributed by atoms with Crippen molar-refractivity contribution >= 4 is 5.97 Å². The lowest BCUT2D eigenvalue weighted by Gasteiger charge is -2.11. The van der Waals surface area contributed by atoms with E-state index in [4.69, 9.17) is 4.74 Å². The molecule has 120 valence electrons. The molecule has 0 aliphatic heterocycles. The van der Waals surface area contributed by atoms with Gasteiger partial charge in [0.05, 0.1) is 5.56 Å². The highest BCUT2D eigenvalue weighted by molar-refractivity contribution is 5.97. The summed E-state index contributed by atoms with van der Waals surface area (Å²) in [5, 5.41) is 9.45. The number of ether oxygens (including phenoxy) is 1. The topological polar surface area (TPSA) is 46.5 Å². The van der Waals surface area contributed by atoms with Crippen molar-refractivity contribution in [2.75, 3.05) is 0 Å². The SMILES string of the molecule is Cc1cccc(-c2ccc(OCc3ccccc3)cc2)c1C(=O)O. The van der Waals surface area contributed by atoms with Crippen LogP contribution in [0, 0.1) is 6.92 Å². The monoisotopic (exact) mass is 318 g/mol. The highest BCUT2D eigenvalue weighted by Crippen LogP contribution is 2.28. The third-order valence-electron chi connectivity index (χ3n) is 3.90. The Hall–Kier alpha value is -3.07. The third kappa shape index (κ3) is 3.46. The van der Waals surface area contributed by atoms with E-state index >= 15 is 0 Å². The second-order valence-electron chi connectivity index (χ2n) is 5.60. The van der Waals surface area contributed by atoms with Gasteiger partial charge in [0.1, 0.15) is 12.4 Å². The maximum atomic E-state index is 11.5. The number of hydrogen-bond donors (Lipinski definition) is 1. The molecule has 0 aromatic heterocycles. The first-order chi connectivity index (χ1) is 11.6. The molecule has 0 fully saturated rings. The molecule has 0 aliphatic rings. The van der Waals surface area contributed by atoms with E-state index in [1.807, 2.05) is 79.7 Å². The molecule has 0 saturated carbocycles. The molecule has 0 radical (unpaired) electrons. The summed E-state index contributed by atoms with van der Waals surface area (Å²) in [5.41, 5.74) is 3.79. The Bertz CT molecular complexity index is 837. The first-order valence-electron chi connectivity index (χ1n) is 7.75. The van der Waals surface area contributed by atoms with Gasteiger partial charge in [0.15, 0.2) is 0 Å². The molecule has 0 amide bonds. The first-order valence-corrected chi connectivity index (χ1v) is 7.75. The van der Waals surface area contributed by atoms with E-state index < -0.39 is 5.97 Å². The van der Waals surface area contributed by atoms with Gasteiger partial charge in [-0.15, -0.1) is 0 Å². The second-order valence-corrected chi connectivity index (χ2v) is 5.60. The van der Waals surface area contributed by atoms with Crippen molar-refractivity contribution in [1.82, 2.24) is 0 Å². The lowest BCUT2D eigenvalue weighted by Crippen LogP contribution is -2.02. The van der Waals surface area contributed by atoms with Crippen LogP contribution in [0.1, 0.15) is 21.5 Å². The van der Waals surface area contributed by atoms with Crippen molar-refractivity contribution in [3.63, 3.8) is 0 Å². The Kier molecular flexibility index (Phi) is 4.62. The molecule has 3 heteroatoms. The fourth-order valence-corrected chi connectivity index (χ4v) is 2.66. The van der Waals surface area contributed by atoms with Gasteiger partial charge >= 0.3 is 5.97 Å². The van der Waals surface area contributed by atoms with Crippen LogP contribution in [0.15, 0.2) is 72.8 Å². The van der Waals surface area contributed by atoms with Gasteiger partial charge in [0.25, 0.3) is 0 Å². The van der Waals surface area contributed by atoms with Crippen LogP contribution in [0.25, 0.3) is 11.1 Å². The Morgan fingerprint density at radius 2 is 1.62 bits per heavy atom. The van der Waals surface area contributed by atoms with Crippen LogP contribution >= 0.6 is 0 Å². The van der Waals surface area contributed by atoms with E-state index in [1.54, 1.807) is 0 Å². The molecule has 3 aromatic carbocycles. The molecular formula is C21H18O3. The van der Waals surface area contributed by atoms with Gasteiger partial charge in [-0.05, 0) is 41.3 Å². The highest BCUT2D eigenvalue weighted by Gasteiger charge is 2.14.